The fraction of sp³-hybridized carbons (Fsp3) is 0.300. The lowest BCUT2D eigenvalue weighted by atomic mass is 9.88. The maximum atomic E-state index is 15.6. The Hall–Kier alpha value is -3.37. The van der Waals surface area contributed by atoms with Gasteiger partial charge in [0.15, 0.2) is 11.6 Å². The van der Waals surface area contributed by atoms with E-state index in [1.54, 1.807) is 6.20 Å². The van der Waals surface area contributed by atoms with E-state index in [-0.39, 0.29) is 30.8 Å². The molecule has 0 saturated heterocycles. The molecule has 9 nitrogen and oxygen atoms in total. The van der Waals surface area contributed by atoms with Crippen LogP contribution in [0.5, 0.6) is 0 Å². The number of anilines is 2. The Bertz CT molecular complexity index is 1110. The van der Waals surface area contributed by atoms with Crippen LogP contribution >= 0.6 is 0 Å². The van der Waals surface area contributed by atoms with Gasteiger partial charge >= 0.3 is 0 Å². The lowest BCUT2D eigenvalue weighted by molar-refractivity contribution is 0.0953. The summed E-state index contributed by atoms with van der Waals surface area (Å²) in [6, 6.07) is 0. The molecular formula is C20H22FN7O2. The number of fused-ring (bicyclic) bond motifs is 3. The molecule has 3 aromatic heterocycles. The Morgan fingerprint density at radius 1 is 1.30 bits per heavy atom. The minimum Gasteiger partial charge on any atom is -0.391 e. The highest BCUT2D eigenvalue weighted by atomic mass is 19.1. The number of aliphatic hydroxyl groups is 1. The summed E-state index contributed by atoms with van der Waals surface area (Å²) in [6.45, 7) is 1.66. The van der Waals surface area contributed by atoms with Crippen LogP contribution in [0.4, 0.5) is 16.0 Å². The van der Waals surface area contributed by atoms with E-state index < -0.39 is 5.82 Å². The van der Waals surface area contributed by atoms with Crippen LogP contribution in [0.15, 0.2) is 18.7 Å². The summed E-state index contributed by atoms with van der Waals surface area (Å²) in [4.78, 5) is 27.9. The third-order valence-corrected chi connectivity index (χ3v) is 5.21. The van der Waals surface area contributed by atoms with E-state index in [1.165, 1.54) is 12.5 Å². The van der Waals surface area contributed by atoms with E-state index in [2.05, 4.69) is 30.6 Å². The van der Waals surface area contributed by atoms with Gasteiger partial charge in [-0.15, -0.1) is 0 Å². The summed E-state index contributed by atoms with van der Waals surface area (Å²) in [5, 5.41) is 14.9. The maximum Gasteiger partial charge on any atom is 0.254 e. The fourth-order valence-electron chi connectivity index (χ4n) is 3.81. The number of aryl methyl sites for hydroxylation is 2. The third-order valence-electron chi connectivity index (χ3n) is 5.21. The molecule has 0 saturated carbocycles. The molecule has 1 aliphatic carbocycles. The molecule has 4 rings (SSSR count). The minimum absolute atomic E-state index is 0.0180. The molecule has 156 valence electrons. The Morgan fingerprint density at radius 2 is 2.13 bits per heavy atom. The molecule has 0 bridgehead atoms. The van der Waals surface area contributed by atoms with E-state index in [9.17, 15) is 9.90 Å². The van der Waals surface area contributed by atoms with Crippen molar-refractivity contribution in [2.24, 2.45) is 5.73 Å². The summed E-state index contributed by atoms with van der Waals surface area (Å²) in [7, 11) is 0. The SMILES string of the molecule is CCc1[nH]c2c(c1C(=O)NCN)CCc1cnc(Nc3ncncc3CO)c(F)c1-2. The molecule has 6 N–H and O–H groups in total. The van der Waals surface area contributed by atoms with Gasteiger partial charge in [-0.3, -0.25) is 4.79 Å². The number of aromatic nitrogens is 4. The number of amides is 1. The smallest absolute Gasteiger partial charge is 0.254 e. The topological polar surface area (TPSA) is 142 Å². The highest BCUT2D eigenvalue weighted by Gasteiger charge is 2.30. The number of hydrogen-bond donors (Lipinski definition) is 5. The predicted octanol–water partition coefficient (Wildman–Crippen LogP) is 1.55. The van der Waals surface area contributed by atoms with Gasteiger partial charge in [-0.05, 0) is 30.4 Å². The molecular weight excluding hydrogens is 389 g/mol. The lowest BCUT2D eigenvalue weighted by Gasteiger charge is -2.19. The maximum absolute atomic E-state index is 15.6. The molecule has 0 atom stereocenters. The number of carbonyl (C=O) groups excluding carboxylic acids is 1. The molecule has 0 spiro atoms. The van der Waals surface area contributed by atoms with Gasteiger partial charge in [0.1, 0.15) is 12.1 Å². The Kier molecular flexibility index (Phi) is 5.42. The van der Waals surface area contributed by atoms with Gasteiger partial charge in [0.2, 0.25) is 0 Å². The average molecular weight is 411 g/mol. The normalized spacial score (nSPS) is 12.3. The average Bonchev–Trinajstić information content (AvgIpc) is 3.15. The first-order chi connectivity index (χ1) is 14.6. The summed E-state index contributed by atoms with van der Waals surface area (Å²) in [6.07, 6.45) is 6.12. The van der Waals surface area contributed by atoms with Crippen molar-refractivity contribution in [1.29, 1.82) is 0 Å². The van der Waals surface area contributed by atoms with Gasteiger partial charge < -0.3 is 26.5 Å². The van der Waals surface area contributed by atoms with Gasteiger partial charge in [-0.2, -0.15) is 0 Å². The number of carbonyl (C=O) groups is 1. The summed E-state index contributed by atoms with van der Waals surface area (Å²) in [5.74, 6) is -0.559. The van der Waals surface area contributed by atoms with Crippen molar-refractivity contribution in [1.82, 2.24) is 25.3 Å². The number of H-pyrrole nitrogens is 1. The number of nitrogens with zero attached hydrogens (tertiary/aromatic N) is 3. The second kappa shape index (κ2) is 8.17. The molecule has 1 amide bonds. The van der Waals surface area contributed by atoms with Crippen molar-refractivity contribution >= 4 is 17.5 Å². The third kappa shape index (κ3) is 3.29. The van der Waals surface area contributed by atoms with Crippen LogP contribution in [0.25, 0.3) is 11.3 Å². The van der Waals surface area contributed by atoms with Crippen molar-refractivity contribution in [2.45, 2.75) is 32.8 Å². The van der Waals surface area contributed by atoms with Crippen LogP contribution in [0.2, 0.25) is 0 Å². The van der Waals surface area contributed by atoms with Crippen LogP contribution < -0.4 is 16.4 Å². The summed E-state index contributed by atoms with van der Waals surface area (Å²) < 4.78 is 15.6. The fourth-order valence-corrected chi connectivity index (χ4v) is 3.81. The lowest BCUT2D eigenvalue weighted by Crippen LogP contribution is -2.30. The summed E-state index contributed by atoms with van der Waals surface area (Å²) in [5.41, 5.74) is 9.67. The van der Waals surface area contributed by atoms with E-state index >= 15 is 4.39 Å². The van der Waals surface area contributed by atoms with Gasteiger partial charge in [0.25, 0.3) is 5.91 Å². The van der Waals surface area contributed by atoms with E-state index in [0.717, 1.165) is 16.8 Å². The minimum atomic E-state index is -0.550. The molecule has 30 heavy (non-hydrogen) atoms. The van der Waals surface area contributed by atoms with Crippen molar-refractivity contribution in [3.05, 3.63) is 52.5 Å². The molecule has 3 aromatic rings. The molecule has 0 radical (unpaired) electrons. The van der Waals surface area contributed by atoms with Crippen LogP contribution in [0, 0.1) is 5.82 Å². The summed E-state index contributed by atoms with van der Waals surface area (Å²) >= 11 is 0. The highest BCUT2D eigenvalue weighted by molar-refractivity contribution is 5.99. The Labute approximate surface area is 172 Å². The zero-order valence-electron chi connectivity index (χ0n) is 16.4. The standard InChI is InChI=1S/C20H22FN7O2/c1-2-13-15(20(30)25-8-22)12-4-3-10-6-24-19(16(21)14(10)17(12)27-13)28-18-11(7-29)5-23-9-26-18/h5-6,9,27,29H,2-4,7-8,22H2,1H3,(H,25,30)(H,23,24,26,28). The second-order valence-corrected chi connectivity index (χ2v) is 6.90. The van der Waals surface area contributed by atoms with Crippen LogP contribution in [-0.2, 0) is 25.9 Å². The Balaban J connectivity index is 1.81. The van der Waals surface area contributed by atoms with Crippen molar-refractivity contribution < 1.29 is 14.3 Å². The Morgan fingerprint density at radius 3 is 2.87 bits per heavy atom. The second-order valence-electron chi connectivity index (χ2n) is 6.90. The van der Waals surface area contributed by atoms with Crippen LogP contribution in [0.1, 0.15) is 39.7 Å². The van der Waals surface area contributed by atoms with Crippen molar-refractivity contribution in [3.8, 4) is 11.3 Å². The molecule has 0 aliphatic heterocycles. The number of aliphatic hydroxyl groups excluding tert-OH is 1. The zero-order valence-corrected chi connectivity index (χ0v) is 16.4. The van der Waals surface area contributed by atoms with E-state index in [0.29, 0.717) is 41.6 Å². The first-order valence-electron chi connectivity index (χ1n) is 9.65. The van der Waals surface area contributed by atoms with Crippen molar-refractivity contribution in [3.63, 3.8) is 0 Å². The van der Waals surface area contributed by atoms with Gasteiger partial charge in [0.05, 0.1) is 24.5 Å². The molecule has 10 heteroatoms. The molecule has 0 fully saturated rings. The van der Waals surface area contributed by atoms with Crippen LogP contribution in [-0.4, -0.2) is 37.6 Å². The number of nitrogens with one attached hydrogen (secondary N) is 3. The van der Waals surface area contributed by atoms with Gasteiger partial charge in [-0.25, -0.2) is 19.3 Å². The molecule has 0 unspecified atom stereocenters. The monoisotopic (exact) mass is 411 g/mol. The molecule has 1 aliphatic rings. The largest absolute Gasteiger partial charge is 0.391 e. The molecule has 3 heterocycles. The van der Waals surface area contributed by atoms with Crippen LogP contribution in [0.3, 0.4) is 0 Å². The van der Waals surface area contributed by atoms with E-state index in [4.69, 9.17) is 5.73 Å². The van der Waals surface area contributed by atoms with Gasteiger partial charge in [0, 0.05) is 29.2 Å². The number of hydrogen-bond acceptors (Lipinski definition) is 7. The quantitative estimate of drug-likeness (QED) is 0.387. The van der Waals surface area contributed by atoms with E-state index in [1.807, 2.05) is 6.92 Å². The highest BCUT2D eigenvalue weighted by Crippen LogP contribution is 2.39. The zero-order chi connectivity index (χ0) is 21.3. The van der Waals surface area contributed by atoms with Crippen molar-refractivity contribution in [2.75, 3.05) is 12.0 Å². The number of rotatable bonds is 6. The predicted molar refractivity (Wildman–Crippen MR) is 109 cm³/mol. The first-order valence-corrected chi connectivity index (χ1v) is 9.65. The number of halogens is 1. The molecule has 0 aromatic carbocycles. The van der Waals surface area contributed by atoms with Gasteiger partial charge in [-0.1, -0.05) is 6.92 Å². The number of nitrogens with two attached hydrogens (primary N) is 1. The number of aromatic amines is 1. The number of pyridine rings is 1. The first kappa shape index (κ1) is 19.9.